The van der Waals surface area contributed by atoms with Crippen LogP contribution in [0.3, 0.4) is 0 Å². The molecule has 0 saturated heterocycles. The van der Waals surface area contributed by atoms with Gasteiger partial charge in [-0.25, -0.2) is 0 Å². The smallest absolute Gasteiger partial charge is 0.319 e. The van der Waals surface area contributed by atoms with Crippen LogP contribution in [0.2, 0.25) is 0 Å². The van der Waals surface area contributed by atoms with Crippen LogP contribution in [0.4, 0.5) is 0 Å². The fourth-order valence-corrected chi connectivity index (χ4v) is 3.45. The predicted molar refractivity (Wildman–Crippen MR) is 96.5 cm³/mol. The summed E-state index contributed by atoms with van der Waals surface area (Å²) in [5.74, 6) is 0.407. The molecule has 2 aromatic carbocycles. The molecule has 0 N–H and O–H groups in total. The van der Waals surface area contributed by atoms with Gasteiger partial charge in [0.05, 0.1) is 20.3 Å². The molecule has 2 aromatic rings. The van der Waals surface area contributed by atoms with Gasteiger partial charge in [-0.3, -0.25) is 4.79 Å². The first kappa shape index (κ1) is 17.2. The third-order valence-corrected chi connectivity index (χ3v) is 4.80. The fourth-order valence-electron chi connectivity index (χ4n) is 3.45. The summed E-state index contributed by atoms with van der Waals surface area (Å²) in [4.78, 5) is 12.6. The number of ether oxygens (including phenoxy) is 3. The van der Waals surface area contributed by atoms with Crippen molar-refractivity contribution in [2.75, 3.05) is 21.3 Å². The second-order valence-electron chi connectivity index (χ2n) is 6.08. The Morgan fingerprint density at radius 3 is 2.24 bits per heavy atom. The van der Waals surface area contributed by atoms with E-state index in [2.05, 4.69) is 0 Å². The zero-order chi connectivity index (χ0) is 17.9. The molecule has 0 amide bonds. The number of methoxy groups -OCH3 is 3. The standard InChI is InChI=1S/C21H22O4/c1-23-17-11-9-16(10-12-17)18-19(24-2)21(18,20(22)25-3)14-13-15-7-5-4-6-8-15/h4-14,18-19H,1-3H3/b14-13+/t18-,19+,21+/m1/s1. The summed E-state index contributed by atoms with van der Waals surface area (Å²) in [5, 5.41) is 0. The van der Waals surface area contributed by atoms with Crippen LogP contribution >= 0.6 is 0 Å². The van der Waals surface area contributed by atoms with Crippen LogP contribution in [0.5, 0.6) is 5.75 Å². The number of carbonyl (C=O) groups is 1. The summed E-state index contributed by atoms with van der Waals surface area (Å²) in [6, 6.07) is 17.6. The SMILES string of the molecule is COC(=O)[C@@]1(/C=C/c2ccccc2)[C@H](c2ccc(OC)cc2)[C@@H]1OC. The minimum Gasteiger partial charge on any atom is -0.497 e. The first-order chi connectivity index (χ1) is 12.2. The lowest BCUT2D eigenvalue weighted by atomic mass is 9.97. The zero-order valence-electron chi connectivity index (χ0n) is 14.6. The quantitative estimate of drug-likeness (QED) is 0.754. The normalized spacial score (nSPS) is 24.9. The molecule has 1 aliphatic carbocycles. The maximum atomic E-state index is 12.6. The molecule has 0 heterocycles. The molecular formula is C21H22O4. The van der Waals surface area contributed by atoms with E-state index in [-0.39, 0.29) is 18.0 Å². The molecule has 1 fully saturated rings. The van der Waals surface area contributed by atoms with Gasteiger partial charge in [0, 0.05) is 13.0 Å². The maximum absolute atomic E-state index is 12.6. The molecular weight excluding hydrogens is 316 g/mol. The minimum atomic E-state index is -0.812. The summed E-state index contributed by atoms with van der Waals surface area (Å²) in [5.41, 5.74) is 1.24. The van der Waals surface area contributed by atoms with Crippen molar-refractivity contribution in [3.8, 4) is 5.75 Å². The van der Waals surface area contributed by atoms with Crippen molar-refractivity contribution < 1.29 is 19.0 Å². The van der Waals surface area contributed by atoms with Gasteiger partial charge >= 0.3 is 5.97 Å². The highest BCUT2D eigenvalue weighted by atomic mass is 16.5. The van der Waals surface area contributed by atoms with Gasteiger partial charge in [0.1, 0.15) is 11.2 Å². The van der Waals surface area contributed by atoms with Crippen LogP contribution in [0.15, 0.2) is 60.7 Å². The molecule has 130 valence electrons. The van der Waals surface area contributed by atoms with E-state index in [4.69, 9.17) is 14.2 Å². The molecule has 0 spiro atoms. The summed E-state index contributed by atoms with van der Waals surface area (Å²) in [6.45, 7) is 0. The van der Waals surface area contributed by atoms with Crippen molar-refractivity contribution in [1.29, 1.82) is 0 Å². The monoisotopic (exact) mass is 338 g/mol. The van der Waals surface area contributed by atoms with Crippen molar-refractivity contribution in [2.24, 2.45) is 5.41 Å². The van der Waals surface area contributed by atoms with E-state index in [1.807, 2.05) is 66.7 Å². The van der Waals surface area contributed by atoms with Crippen molar-refractivity contribution >= 4 is 12.0 Å². The van der Waals surface area contributed by atoms with Gasteiger partial charge in [-0.2, -0.15) is 0 Å². The van der Waals surface area contributed by atoms with Gasteiger partial charge in [-0.1, -0.05) is 54.6 Å². The van der Waals surface area contributed by atoms with Crippen molar-refractivity contribution in [3.05, 3.63) is 71.8 Å². The zero-order valence-corrected chi connectivity index (χ0v) is 14.6. The van der Waals surface area contributed by atoms with E-state index in [1.165, 1.54) is 7.11 Å². The lowest BCUT2D eigenvalue weighted by molar-refractivity contribution is -0.146. The third kappa shape index (κ3) is 3.05. The van der Waals surface area contributed by atoms with Crippen molar-refractivity contribution in [3.63, 3.8) is 0 Å². The van der Waals surface area contributed by atoms with Crippen molar-refractivity contribution in [1.82, 2.24) is 0 Å². The molecule has 3 atom stereocenters. The number of hydrogen-bond acceptors (Lipinski definition) is 4. The summed E-state index contributed by atoms with van der Waals surface area (Å²) in [7, 11) is 4.67. The summed E-state index contributed by atoms with van der Waals surface area (Å²) in [6.07, 6.45) is 3.61. The van der Waals surface area contributed by atoms with Crippen LogP contribution in [0.25, 0.3) is 6.08 Å². The molecule has 3 rings (SSSR count). The Labute approximate surface area is 148 Å². The van der Waals surface area contributed by atoms with E-state index < -0.39 is 5.41 Å². The third-order valence-electron chi connectivity index (χ3n) is 4.80. The molecule has 0 unspecified atom stereocenters. The highest BCUT2D eigenvalue weighted by Gasteiger charge is 2.70. The largest absolute Gasteiger partial charge is 0.497 e. The Hall–Kier alpha value is -2.59. The van der Waals surface area contributed by atoms with Crippen LogP contribution in [-0.4, -0.2) is 33.4 Å². The van der Waals surface area contributed by atoms with Gasteiger partial charge in [0.2, 0.25) is 0 Å². The Bertz CT molecular complexity index is 751. The van der Waals surface area contributed by atoms with E-state index in [1.54, 1.807) is 14.2 Å². The van der Waals surface area contributed by atoms with E-state index in [9.17, 15) is 4.79 Å². The molecule has 0 bridgehead atoms. The van der Waals surface area contributed by atoms with Crippen LogP contribution < -0.4 is 4.74 Å². The number of benzene rings is 2. The van der Waals surface area contributed by atoms with E-state index in [0.717, 1.165) is 16.9 Å². The van der Waals surface area contributed by atoms with Gasteiger partial charge in [0.15, 0.2) is 0 Å². The average molecular weight is 338 g/mol. The van der Waals surface area contributed by atoms with Crippen LogP contribution in [0.1, 0.15) is 17.0 Å². The molecule has 0 aliphatic heterocycles. The highest BCUT2D eigenvalue weighted by molar-refractivity contribution is 5.88. The number of rotatable bonds is 6. The van der Waals surface area contributed by atoms with E-state index in [0.29, 0.717) is 0 Å². The first-order valence-electron chi connectivity index (χ1n) is 8.16. The minimum absolute atomic E-state index is 0.0872. The lowest BCUT2D eigenvalue weighted by Crippen LogP contribution is -2.20. The average Bonchev–Trinajstić information content (AvgIpc) is 3.35. The summed E-state index contributed by atoms with van der Waals surface area (Å²) < 4.78 is 15.9. The fraction of sp³-hybridized carbons (Fsp3) is 0.286. The Kier molecular flexibility index (Phi) is 4.91. The van der Waals surface area contributed by atoms with Gasteiger partial charge in [-0.15, -0.1) is 0 Å². The lowest BCUT2D eigenvalue weighted by Gasteiger charge is -2.11. The number of esters is 1. The molecule has 1 saturated carbocycles. The Balaban J connectivity index is 1.96. The highest BCUT2D eigenvalue weighted by Crippen LogP contribution is 2.63. The molecule has 4 heteroatoms. The molecule has 4 nitrogen and oxygen atoms in total. The van der Waals surface area contributed by atoms with Gasteiger partial charge in [-0.05, 0) is 23.3 Å². The first-order valence-corrected chi connectivity index (χ1v) is 8.16. The predicted octanol–water partition coefficient (Wildman–Crippen LogP) is 3.68. The number of carbonyl (C=O) groups excluding carboxylic acids is 1. The molecule has 25 heavy (non-hydrogen) atoms. The Morgan fingerprint density at radius 1 is 1.00 bits per heavy atom. The van der Waals surface area contributed by atoms with Gasteiger partial charge in [0.25, 0.3) is 0 Å². The van der Waals surface area contributed by atoms with E-state index >= 15 is 0 Å². The second-order valence-corrected chi connectivity index (χ2v) is 6.08. The number of hydrogen-bond donors (Lipinski definition) is 0. The maximum Gasteiger partial charge on any atom is 0.319 e. The molecule has 1 aliphatic rings. The van der Waals surface area contributed by atoms with Gasteiger partial charge < -0.3 is 14.2 Å². The summed E-state index contributed by atoms with van der Waals surface area (Å²) >= 11 is 0. The topological polar surface area (TPSA) is 44.8 Å². The Morgan fingerprint density at radius 2 is 1.68 bits per heavy atom. The second kappa shape index (κ2) is 7.11. The van der Waals surface area contributed by atoms with Crippen LogP contribution in [0, 0.1) is 5.41 Å². The molecule has 0 radical (unpaired) electrons. The van der Waals surface area contributed by atoms with Crippen molar-refractivity contribution in [2.45, 2.75) is 12.0 Å². The van der Waals surface area contributed by atoms with Crippen LogP contribution in [-0.2, 0) is 14.3 Å². The molecule has 0 aromatic heterocycles.